The molecule has 5 aliphatic rings. The fraction of sp³-hybridized carbons (Fsp3) is 0.710. The Labute approximate surface area is 248 Å². The fourth-order valence-electron chi connectivity index (χ4n) is 8.64. The van der Waals surface area contributed by atoms with Crippen LogP contribution in [0.1, 0.15) is 107 Å². The van der Waals surface area contributed by atoms with Crippen LogP contribution in [0.15, 0.2) is 34.9 Å². The first-order valence-electron chi connectivity index (χ1n) is 15.0. The van der Waals surface area contributed by atoms with Crippen LogP contribution in [0.5, 0.6) is 0 Å². The maximum absolute atomic E-state index is 13.4. The van der Waals surface area contributed by atoms with Gasteiger partial charge in [0, 0.05) is 20.9 Å². The molecule has 4 atom stereocenters. The van der Waals surface area contributed by atoms with Crippen LogP contribution < -0.4 is 4.70 Å². The number of fused-ring (bicyclic) bond motifs is 2. The van der Waals surface area contributed by atoms with Crippen molar-refractivity contribution in [3.05, 3.63) is 41.4 Å². The van der Waals surface area contributed by atoms with Crippen molar-refractivity contribution in [2.24, 2.45) is 0 Å². The second kappa shape index (κ2) is 15.6. The number of allylic oxidation sites excluding steroid dienone is 4. The van der Waals surface area contributed by atoms with Crippen molar-refractivity contribution in [1.29, 1.82) is 0 Å². The minimum atomic E-state index is -3.67. The van der Waals surface area contributed by atoms with Crippen molar-refractivity contribution in [2.75, 3.05) is 7.05 Å². The summed E-state index contributed by atoms with van der Waals surface area (Å²) in [6.07, 6.45) is 20.9. The Hall–Kier alpha value is -1.13. The van der Waals surface area contributed by atoms with Crippen LogP contribution in [0, 0.1) is 6.42 Å². The monoisotopic (exact) mass is 619 g/mol. The predicted octanol–water partition coefficient (Wildman–Crippen LogP) is 6.91. The van der Waals surface area contributed by atoms with Gasteiger partial charge in [0.05, 0.1) is 42.9 Å². The SMILES string of the molecule is C1=CCC/C=C\CC1.C[C@@H]1CC[C@@H](C)[P+]12C1=C(C(=O)N(C)C1=O)[P+]1([C@H](C)CC[C@H]1C)C2(C)C.C[CH+]C.FB(F)F.[F-]. The normalized spacial score (nSPS) is 30.6. The second-order valence-electron chi connectivity index (χ2n) is 12.4. The lowest BCUT2D eigenvalue weighted by Crippen LogP contribution is -3.00. The summed E-state index contributed by atoms with van der Waals surface area (Å²) < 4.78 is 29.0. The summed E-state index contributed by atoms with van der Waals surface area (Å²) in [5.41, 5.74) is 2.35. The summed E-state index contributed by atoms with van der Waals surface area (Å²) in [5.74, 6) is 0.148. The van der Waals surface area contributed by atoms with Gasteiger partial charge in [-0.2, -0.15) is 0 Å². The van der Waals surface area contributed by atoms with Crippen LogP contribution in [0.4, 0.5) is 12.9 Å². The summed E-state index contributed by atoms with van der Waals surface area (Å²) in [7, 11) is -5.32. The van der Waals surface area contributed by atoms with Gasteiger partial charge in [0.1, 0.15) is 14.5 Å². The Balaban J connectivity index is 0.000000436. The number of rotatable bonds is 0. The Morgan fingerprint density at radius 3 is 1.17 bits per heavy atom. The molecule has 2 spiro atoms. The minimum absolute atomic E-state index is 0. The van der Waals surface area contributed by atoms with Gasteiger partial charge in [-0.1, -0.05) is 24.3 Å². The summed E-state index contributed by atoms with van der Waals surface area (Å²) >= 11 is 0. The molecule has 0 aromatic heterocycles. The number of halogens is 4. The fourth-order valence-corrected chi connectivity index (χ4v) is 27.8. The van der Waals surface area contributed by atoms with E-state index >= 15 is 0 Å². The van der Waals surface area contributed by atoms with Gasteiger partial charge in [0.25, 0.3) is 11.8 Å². The molecule has 0 aromatic rings. The maximum Gasteiger partial charge on any atom is 0.762 e. The number of likely N-dealkylation sites (N-methyl/N-ethyl adjacent to an activating group) is 1. The van der Waals surface area contributed by atoms with Crippen LogP contribution >= 0.6 is 14.5 Å². The van der Waals surface area contributed by atoms with Crippen molar-refractivity contribution in [2.45, 2.75) is 134 Å². The molecule has 2 saturated heterocycles. The van der Waals surface area contributed by atoms with E-state index in [2.05, 4.69) is 65.8 Å². The van der Waals surface area contributed by atoms with Crippen molar-refractivity contribution in [1.82, 2.24) is 4.90 Å². The van der Waals surface area contributed by atoms with E-state index in [1.165, 1.54) is 56.3 Å². The summed E-state index contributed by atoms with van der Waals surface area (Å²) in [4.78, 5) is 28.4. The van der Waals surface area contributed by atoms with E-state index in [9.17, 15) is 22.5 Å². The molecule has 1 aliphatic carbocycles. The quantitative estimate of drug-likeness (QED) is 0.0739. The van der Waals surface area contributed by atoms with Crippen molar-refractivity contribution >= 4 is 33.9 Å². The van der Waals surface area contributed by atoms with Crippen molar-refractivity contribution < 1.29 is 27.2 Å². The second-order valence-corrected chi connectivity index (χ2v) is 22.5. The molecule has 5 rings (SSSR count). The van der Waals surface area contributed by atoms with Gasteiger partial charge in [-0.25, -0.2) is 0 Å². The van der Waals surface area contributed by atoms with Crippen LogP contribution in [0.3, 0.4) is 0 Å². The highest BCUT2D eigenvalue weighted by Crippen LogP contribution is 3.06. The number of nitrogens with zero attached hydrogens (tertiary/aromatic N) is 1. The summed E-state index contributed by atoms with van der Waals surface area (Å²) in [6.45, 7) is 18.6. The number of carbonyl (C=O) groups is 2. The van der Waals surface area contributed by atoms with E-state index in [1.807, 2.05) is 20.3 Å². The Bertz CT molecular complexity index is 896. The molecule has 232 valence electrons. The van der Waals surface area contributed by atoms with Crippen LogP contribution in [-0.4, -0.2) is 58.8 Å². The van der Waals surface area contributed by atoms with E-state index in [0.717, 1.165) is 10.6 Å². The van der Waals surface area contributed by atoms with E-state index in [1.54, 1.807) is 7.05 Å². The molecule has 0 N–H and O–H groups in total. The van der Waals surface area contributed by atoms with Crippen molar-refractivity contribution in [3.8, 4) is 0 Å². The minimum Gasteiger partial charge on any atom is -1.00 e. The van der Waals surface area contributed by atoms with Gasteiger partial charge in [-0.05, 0) is 79.1 Å². The van der Waals surface area contributed by atoms with Crippen LogP contribution in [-0.2, 0) is 9.59 Å². The number of hydrogen-bond donors (Lipinski definition) is 0. The molecule has 0 bridgehead atoms. The highest BCUT2D eigenvalue weighted by atomic mass is 31.2. The molecule has 0 aromatic carbocycles. The molecule has 2 amide bonds. The number of carbonyl (C=O) groups excluding carboxylic acids is 2. The Morgan fingerprint density at radius 2 is 0.951 bits per heavy atom. The highest BCUT2D eigenvalue weighted by molar-refractivity contribution is 8.03. The van der Waals surface area contributed by atoms with Crippen LogP contribution in [0.25, 0.3) is 0 Å². The van der Waals surface area contributed by atoms with Crippen LogP contribution in [0.2, 0.25) is 0 Å². The average Bonchev–Trinajstić information content (AvgIpc) is 3.45. The Kier molecular flexibility index (Phi) is 14.4. The van der Waals surface area contributed by atoms with Gasteiger partial charge in [-0.3, -0.25) is 27.4 Å². The summed E-state index contributed by atoms with van der Waals surface area (Å²) in [5, 5.41) is 2.16. The lowest BCUT2D eigenvalue weighted by Gasteiger charge is -2.45. The van der Waals surface area contributed by atoms with Gasteiger partial charge in [0.15, 0.2) is 4.90 Å². The first kappa shape index (κ1) is 37.9. The smallest absolute Gasteiger partial charge is 0.762 e. The number of hydrogen-bond acceptors (Lipinski definition) is 2. The topological polar surface area (TPSA) is 37.4 Å². The summed E-state index contributed by atoms with van der Waals surface area (Å²) in [6, 6.07) is 0. The van der Waals surface area contributed by atoms with Gasteiger partial charge >= 0.3 is 7.54 Å². The zero-order valence-electron chi connectivity index (χ0n) is 26.6. The lowest BCUT2D eigenvalue weighted by atomic mass is 10.1. The molecule has 4 heterocycles. The number of amides is 2. The Morgan fingerprint density at radius 1 is 0.732 bits per heavy atom. The molecular weight excluding hydrogens is 567 g/mol. The molecule has 0 radical (unpaired) electrons. The molecule has 0 unspecified atom stereocenters. The third-order valence-electron chi connectivity index (χ3n) is 9.91. The molecule has 3 nitrogen and oxygen atoms in total. The first-order chi connectivity index (χ1) is 18.7. The van der Waals surface area contributed by atoms with E-state index in [-0.39, 0.29) is 21.4 Å². The van der Waals surface area contributed by atoms with Crippen molar-refractivity contribution in [3.63, 3.8) is 0 Å². The largest absolute Gasteiger partial charge is 1.00 e. The number of imide groups is 1. The van der Waals surface area contributed by atoms with Gasteiger partial charge < -0.3 is 4.70 Å². The van der Waals surface area contributed by atoms with Gasteiger partial charge in [-0.15, -0.1) is 0 Å². The standard InChI is InChI=1S/C20H33NO2P2.C8H12.C3H7.BF3.FH/c1-12-8-9-13(2)24(12)16-17(19(23)21(7)18(16)22)25(20(24,5)6)14(3)10-11-15(25)4;1-2-4-6-8-7-5-3-1;1-3-2;2-1(3)4;/h12-15H,8-11H2,1-7H3;1-2,7-8H,3-6H2;3H,1-2H3;;1H/q+2;;+1;;/p-1/b;2-1-,8-7?;;;/t12-,13-,14-,15-;;;;/m1..../s1. The third kappa shape index (κ3) is 6.40. The van der Waals surface area contributed by atoms with E-state index in [0.29, 0.717) is 22.6 Å². The highest BCUT2D eigenvalue weighted by Gasteiger charge is 2.89. The van der Waals surface area contributed by atoms with Gasteiger partial charge in [0.2, 0.25) is 10.6 Å². The molecule has 2 fully saturated rings. The molecule has 41 heavy (non-hydrogen) atoms. The average molecular weight is 620 g/mol. The predicted molar refractivity (Wildman–Crippen MR) is 171 cm³/mol. The first-order valence-corrected chi connectivity index (χ1v) is 18.9. The molecule has 10 heteroatoms. The molecular formula is C31H52BF4NO2P2+2. The van der Waals surface area contributed by atoms with E-state index < -0.39 is 22.1 Å². The third-order valence-corrected chi connectivity index (χ3v) is 24.6. The van der Waals surface area contributed by atoms with E-state index in [4.69, 9.17) is 0 Å². The lowest BCUT2D eigenvalue weighted by molar-refractivity contribution is -0.135. The molecule has 4 aliphatic heterocycles. The zero-order valence-corrected chi connectivity index (χ0v) is 28.4. The maximum atomic E-state index is 13.4. The molecule has 0 saturated carbocycles. The zero-order chi connectivity index (χ0) is 30.5.